The third-order valence-electron chi connectivity index (χ3n) is 2.26. The quantitative estimate of drug-likeness (QED) is 0.539. The Kier molecular flexibility index (Phi) is 6.55. The minimum Gasteiger partial charge on any atom is -0.462 e. The van der Waals surface area contributed by atoms with Gasteiger partial charge in [-0.3, -0.25) is 14.5 Å². The molecule has 2 atom stereocenters. The molecule has 0 spiro atoms. The number of hydrogen-bond donors (Lipinski definition) is 1. The molecule has 0 aromatic carbocycles. The van der Waals surface area contributed by atoms with Crippen LogP contribution in [0, 0.1) is 5.92 Å². The van der Waals surface area contributed by atoms with Crippen molar-refractivity contribution in [1.29, 1.82) is 0 Å². The fourth-order valence-corrected chi connectivity index (χ4v) is 1.21. The van der Waals surface area contributed by atoms with Crippen molar-refractivity contribution in [2.24, 2.45) is 11.7 Å². The van der Waals surface area contributed by atoms with E-state index in [1.54, 1.807) is 19.0 Å². The summed E-state index contributed by atoms with van der Waals surface area (Å²) in [4.78, 5) is 24.0. The molecule has 16 heavy (non-hydrogen) atoms. The van der Waals surface area contributed by atoms with Crippen LogP contribution < -0.4 is 5.73 Å². The number of esters is 1. The van der Waals surface area contributed by atoms with Crippen LogP contribution in [-0.4, -0.2) is 48.9 Å². The highest BCUT2D eigenvalue weighted by Crippen LogP contribution is 2.04. The monoisotopic (exact) mass is 250 g/mol. The molecule has 0 radical (unpaired) electrons. The van der Waals surface area contributed by atoms with E-state index in [1.165, 1.54) is 0 Å². The Hall–Kier alpha value is -0.650. The molecule has 0 heterocycles. The number of hydrogen-bond acceptors (Lipinski definition) is 5. The van der Waals surface area contributed by atoms with Crippen LogP contribution in [0.15, 0.2) is 0 Å². The first kappa shape index (κ1) is 15.3. The lowest BCUT2D eigenvalue weighted by Crippen LogP contribution is -2.42. The average molecular weight is 251 g/mol. The molecule has 0 aliphatic heterocycles. The summed E-state index contributed by atoms with van der Waals surface area (Å²) in [6.07, 6.45) is 0. The van der Waals surface area contributed by atoms with Gasteiger partial charge in [0.2, 0.25) is 5.24 Å². The zero-order chi connectivity index (χ0) is 12.9. The molecule has 0 aliphatic carbocycles. The summed E-state index contributed by atoms with van der Waals surface area (Å²) >= 11 is 5.36. The van der Waals surface area contributed by atoms with E-state index >= 15 is 0 Å². The summed E-state index contributed by atoms with van der Waals surface area (Å²) in [5.74, 6) is -0.517. The Balaban J connectivity index is 4.22. The van der Waals surface area contributed by atoms with Crippen molar-refractivity contribution in [2.75, 3.05) is 20.7 Å². The van der Waals surface area contributed by atoms with Crippen LogP contribution in [0.4, 0.5) is 0 Å². The first-order valence-corrected chi connectivity index (χ1v) is 5.43. The van der Waals surface area contributed by atoms with E-state index in [0.717, 1.165) is 0 Å². The summed E-state index contributed by atoms with van der Waals surface area (Å²) in [6, 6.07) is -1.31. The Morgan fingerprint density at radius 3 is 2.19 bits per heavy atom. The van der Waals surface area contributed by atoms with E-state index in [-0.39, 0.29) is 12.5 Å². The van der Waals surface area contributed by atoms with Crippen LogP contribution in [-0.2, 0) is 14.3 Å². The fourth-order valence-electron chi connectivity index (χ4n) is 0.947. The number of halogens is 1. The van der Waals surface area contributed by atoms with Crippen molar-refractivity contribution in [3.8, 4) is 0 Å². The molecule has 0 aromatic heterocycles. The number of carbonyl (C=O) groups is 2. The van der Waals surface area contributed by atoms with Crippen molar-refractivity contribution in [2.45, 2.75) is 25.9 Å². The normalized spacial score (nSPS) is 15.0. The van der Waals surface area contributed by atoms with Gasteiger partial charge in [-0.15, -0.1) is 0 Å². The molecular weight excluding hydrogens is 232 g/mol. The van der Waals surface area contributed by atoms with Crippen molar-refractivity contribution < 1.29 is 14.3 Å². The lowest BCUT2D eigenvalue weighted by atomic mass is 10.1. The average Bonchev–Trinajstić information content (AvgIpc) is 2.15. The van der Waals surface area contributed by atoms with Gasteiger partial charge in [0.1, 0.15) is 18.7 Å². The summed E-state index contributed by atoms with van der Waals surface area (Å²) in [6.45, 7) is 3.57. The second-order valence-corrected chi connectivity index (χ2v) is 4.56. The zero-order valence-corrected chi connectivity index (χ0v) is 10.8. The Morgan fingerprint density at radius 1 is 1.38 bits per heavy atom. The number of likely N-dealkylation sites (N-methyl/N-ethyl adjacent to an activating group) is 1. The number of nitrogens with two attached hydrogens (primary N) is 1. The molecule has 5 nitrogen and oxygen atoms in total. The SMILES string of the molecule is CC(C)[C@H](N)C(=O)OCC(C(=O)Cl)N(C)C. The Morgan fingerprint density at radius 2 is 1.88 bits per heavy atom. The number of ether oxygens (including phenoxy) is 1. The molecule has 0 rings (SSSR count). The third-order valence-corrected chi connectivity index (χ3v) is 2.51. The van der Waals surface area contributed by atoms with Crippen LogP contribution in [0.3, 0.4) is 0 Å². The Bertz CT molecular complexity index is 256. The molecule has 0 aromatic rings. The maximum Gasteiger partial charge on any atom is 0.323 e. The molecule has 0 saturated heterocycles. The first-order chi connectivity index (χ1) is 7.27. The van der Waals surface area contributed by atoms with Crippen molar-refractivity contribution in [3.63, 3.8) is 0 Å². The van der Waals surface area contributed by atoms with Gasteiger partial charge >= 0.3 is 5.97 Å². The van der Waals surface area contributed by atoms with E-state index in [9.17, 15) is 9.59 Å². The van der Waals surface area contributed by atoms with Gasteiger partial charge in [-0.1, -0.05) is 13.8 Å². The molecule has 0 fully saturated rings. The lowest BCUT2D eigenvalue weighted by molar-refractivity contribution is -0.148. The molecule has 0 saturated carbocycles. The van der Waals surface area contributed by atoms with Crippen LogP contribution in [0.1, 0.15) is 13.8 Å². The van der Waals surface area contributed by atoms with Crippen LogP contribution in [0.25, 0.3) is 0 Å². The van der Waals surface area contributed by atoms with Crippen molar-refractivity contribution >= 4 is 22.8 Å². The summed E-state index contributed by atoms with van der Waals surface area (Å²) in [7, 11) is 3.36. The molecule has 0 aliphatic rings. The van der Waals surface area contributed by atoms with Gasteiger partial charge in [-0.2, -0.15) is 0 Å². The highest BCUT2D eigenvalue weighted by Gasteiger charge is 2.24. The summed E-state index contributed by atoms with van der Waals surface area (Å²) < 4.78 is 4.94. The lowest BCUT2D eigenvalue weighted by Gasteiger charge is -2.21. The van der Waals surface area contributed by atoms with Gasteiger partial charge in [0.15, 0.2) is 0 Å². The van der Waals surface area contributed by atoms with Gasteiger partial charge in [0.25, 0.3) is 0 Å². The zero-order valence-electron chi connectivity index (χ0n) is 10.1. The molecule has 1 unspecified atom stereocenters. The standard InChI is InChI=1S/C10H19ClN2O3/c1-6(2)8(12)10(15)16-5-7(9(11)14)13(3)4/h6-8H,5,12H2,1-4H3/t7?,8-/m0/s1. The van der Waals surface area contributed by atoms with Gasteiger partial charge < -0.3 is 10.5 Å². The first-order valence-electron chi connectivity index (χ1n) is 5.05. The second-order valence-electron chi connectivity index (χ2n) is 4.18. The minimum absolute atomic E-state index is 0.00277. The van der Waals surface area contributed by atoms with Crippen molar-refractivity contribution in [3.05, 3.63) is 0 Å². The molecule has 2 N–H and O–H groups in total. The number of rotatable bonds is 6. The van der Waals surface area contributed by atoms with Gasteiger partial charge in [-0.05, 0) is 31.6 Å². The fraction of sp³-hybridized carbons (Fsp3) is 0.800. The van der Waals surface area contributed by atoms with Crippen LogP contribution in [0.5, 0.6) is 0 Å². The molecule has 0 amide bonds. The van der Waals surface area contributed by atoms with Crippen LogP contribution >= 0.6 is 11.6 Å². The predicted molar refractivity (Wildman–Crippen MR) is 62.1 cm³/mol. The van der Waals surface area contributed by atoms with E-state index < -0.39 is 23.3 Å². The second kappa shape index (κ2) is 6.83. The predicted octanol–water partition coefficient (Wildman–Crippen LogP) is 0.209. The third kappa shape index (κ3) is 4.92. The maximum absolute atomic E-state index is 11.4. The van der Waals surface area contributed by atoms with Gasteiger partial charge in [0.05, 0.1) is 0 Å². The Labute approximate surface area is 101 Å². The summed E-state index contributed by atoms with van der Waals surface area (Å²) in [5.41, 5.74) is 5.59. The van der Waals surface area contributed by atoms with E-state index in [1.807, 2.05) is 13.8 Å². The topological polar surface area (TPSA) is 72.6 Å². The van der Waals surface area contributed by atoms with Gasteiger partial charge in [-0.25, -0.2) is 0 Å². The minimum atomic E-state index is -0.673. The summed E-state index contributed by atoms with van der Waals surface area (Å²) in [5, 5.41) is -0.559. The van der Waals surface area contributed by atoms with E-state index in [4.69, 9.17) is 22.1 Å². The van der Waals surface area contributed by atoms with Crippen molar-refractivity contribution in [1.82, 2.24) is 4.90 Å². The highest BCUT2D eigenvalue weighted by atomic mass is 35.5. The van der Waals surface area contributed by atoms with Gasteiger partial charge in [0, 0.05) is 0 Å². The van der Waals surface area contributed by atoms with Crippen LogP contribution in [0.2, 0.25) is 0 Å². The van der Waals surface area contributed by atoms with E-state index in [0.29, 0.717) is 0 Å². The maximum atomic E-state index is 11.4. The molecular formula is C10H19ClN2O3. The highest BCUT2D eigenvalue weighted by molar-refractivity contribution is 6.64. The van der Waals surface area contributed by atoms with E-state index in [2.05, 4.69) is 0 Å². The largest absolute Gasteiger partial charge is 0.462 e. The smallest absolute Gasteiger partial charge is 0.323 e. The molecule has 0 bridgehead atoms. The molecule has 94 valence electrons. The number of nitrogens with zero attached hydrogens (tertiary/aromatic N) is 1. The molecule has 6 heteroatoms. The number of carbonyl (C=O) groups excluding carboxylic acids is 2.